The number of methoxy groups -OCH3 is 2. The van der Waals surface area contributed by atoms with E-state index in [4.69, 9.17) is 9.47 Å². The quantitative estimate of drug-likeness (QED) is 0.440. The number of hydrogen-bond acceptors (Lipinski definition) is 8. The van der Waals surface area contributed by atoms with Gasteiger partial charge in [-0.25, -0.2) is 4.98 Å². The van der Waals surface area contributed by atoms with E-state index in [0.717, 1.165) is 41.8 Å². The molecule has 0 aliphatic heterocycles. The van der Waals surface area contributed by atoms with Gasteiger partial charge in [0.05, 0.1) is 32.4 Å². The monoisotopic (exact) mass is 411 g/mol. The maximum absolute atomic E-state index is 9.74. The highest BCUT2D eigenvalue weighted by Gasteiger charge is 2.14. The number of rotatable bonds is 11. The Kier molecular flexibility index (Phi) is 7.62. The maximum Gasteiger partial charge on any atom is 0.225 e. The van der Waals surface area contributed by atoms with Crippen molar-refractivity contribution in [2.24, 2.45) is 0 Å². The first-order valence-electron chi connectivity index (χ1n) is 10.1. The van der Waals surface area contributed by atoms with Crippen LogP contribution in [0.4, 0.5) is 11.8 Å². The molecule has 2 aromatic heterocycles. The number of pyridine rings is 1. The molecule has 0 fully saturated rings. The number of nitrogens with one attached hydrogen (secondary N) is 2. The van der Waals surface area contributed by atoms with Crippen LogP contribution in [0.1, 0.15) is 31.7 Å². The fourth-order valence-corrected chi connectivity index (χ4v) is 3.17. The molecule has 0 saturated carbocycles. The molecule has 3 rings (SSSR count). The summed E-state index contributed by atoms with van der Waals surface area (Å²) in [5, 5.41) is 16.3. The lowest BCUT2D eigenvalue weighted by atomic mass is 10.1. The second-order valence-corrected chi connectivity index (χ2v) is 6.96. The van der Waals surface area contributed by atoms with Gasteiger partial charge >= 0.3 is 0 Å². The molecule has 2 heterocycles. The summed E-state index contributed by atoms with van der Waals surface area (Å²) in [4.78, 5) is 13.6. The van der Waals surface area contributed by atoms with Crippen molar-refractivity contribution in [3.63, 3.8) is 0 Å². The summed E-state index contributed by atoms with van der Waals surface area (Å²) >= 11 is 0. The van der Waals surface area contributed by atoms with Gasteiger partial charge in [0.25, 0.3) is 0 Å². The number of benzene rings is 1. The average Bonchev–Trinajstić information content (AvgIpc) is 2.80. The standard InChI is InChI=1S/C22H29N5O3/c1-4-5-7-16(14-28)25-21-20-18(8-6-11-23-20)26-22(27-21)24-13-15-9-10-17(29-2)12-19(15)30-3/h6,8-12,16,28H,4-5,7,13-14H2,1-3H3,(H2,24,25,26,27). The highest BCUT2D eigenvalue weighted by atomic mass is 16.5. The molecular formula is C22H29N5O3. The van der Waals surface area contributed by atoms with Gasteiger partial charge in [0.2, 0.25) is 5.95 Å². The lowest BCUT2D eigenvalue weighted by Gasteiger charge is -2.18. The largest absolute Gasteiger partial charge is 0.497 e. The van der Waals surface area contributed by atoms with Crippen LogP contribution < -0.4 is 20.1 Å². The van der Waals surface area contributed by atoms with E-state index in [2.05, 4.69) is 32.5 Å². The van der Waals surface area contributed by atoms with Crippen LogP contribution in [0.3, 0.4) is 0 Å². The third-order valence-corrected chi connectivity index (χ3v) is 4.85. The minimum absolute atomic E-state index is 0.0319. The van der Waals surface area contributed by atoms with Gasteiger partial charge in [-0.2, -0.15) is 4.98 Å². The summed E-state index contributed by atoms with van der Waals surface area (Å²) < 4.78 is 10.7. The molecule has 1 atom stereocenters. The summed E-state index contributed by atoms with van der Waals surface area (Å²) in [7, 11) is 3.25. The van der Waals surface area contributed by atoms with E-state index in [1.165, 1.54) is 0 Å². The zero-order chi connectivity index (χ0) is 21.3. The zero-order valence-electron chi connectivity index (χ0n) is 17.7. The normalized spacial score (nSPS) is 11.9. The predicted molar refractivity (Wildman–Crippen MR) is 118 cm³/mol. The molecule has 0 saturated heterocycles. The van der Waals surface area contributed by atoms with Crippen LogP contribution >= 0.6 is 0 Å². The van der Waals surface area contributed by atoms with Gasteiger partial charge in [-0.05, 0) is 30.7 Å². The molecule has 0 amide bonds. The SMILES string of the molecule is CCCCC(CO)Nc1nc(NCc2ccc(OC)cc2OC)nc2cccnc12. The molecule has 0 aliphatic carbocycles. The molecule has 160 valence electrons. The topological polar surface area (TPSA) is 101 Å². The number of fused-ring (bicyclic) bond motifs is 1. The number of aromatic nitrogens is 3. The summed E-state index contributed by atoms with van der Waals surface area (Å²) in [6.07, 6.45) is 4.66. The Labute approximate surface area is 176 Å². The first kappa shape index (κ1) is 21.6. The second kappa shape index (κ2) is 10.6. The van der Waals surface area contributed by atoms with Crippen LogP contribution in [-0.4, -0.2) is 46.9 Å². The van der Waals surface area contributed by atoms with Crippen molar-refractivity contribution in [1.29, 1.82) is 0 Å². The summed E-state index contributed by atoms with van der Waals surface area (Å²) in [6, 6.07) is 9.33. The summed E-state index contributed by atoms with van der Waals surface area (Å²) in [5.41, 5.74) is 2.37. The van der Waals surface area contributed by atoms with Crippen LogP contribution in [0.25, 0.3) is 11.0 Å². The molecular weight excluding hydrogens is 382 g/mol. The highest BCUT2D eigenvalue weighted by molar-refractivity contribution is 5.86. The molecule has 0 bridgehead atoms. The summed E-state index contributed by atoms with van der Waals surface area (Å²) in [6.45, 7) is 2.65. The molecule has 8 nitrogen and oxygen atoms in total. The number of anilines is 2. The van der Waals surface area contributed by atoms with E-state index in [-0.39, 0.29) is 12.6 Å². The van der Waals surface area contributed by atoms with Crippen molar-refractivity contribution in [1.82, 2.24) is 15.0 Å². The molecule has 1 unspecified atom stereocenters. The van der Waals surface area contributed by atoms with Gasteiger partial charge in [-0.15, -0.1) is 0 Å². The van der Waals surface area contributed by atoms with Crippen molar-refractivity contribution in [2.75, 3.05) is 31.5 Å². The van der Waals surface area contributed by atoms with Crippen LogP contribution in [0.2, 0.25) is 0 Å². The van der Waals surface area contributed by atoms with E-state index < -0.39 is 0 Å². The van der Waals surface area contributed by atoms with Crippen LogP contribution in [0, 0.1) is 0 Å². The number of aliphatic hydroxyl groups is 1. The average molecular weight is 412 g/mol. The van der Waals surface area contributed by atoms with Crippen molar-refractivity contribution in [3.8, 4) is 11.5 Å². The first-order chi connectivity index (χ1) is 14.7. The fourth-order valence-electron chi connectivity index (χ4n) is 3.17. The zero-order valence-corrected chi connectivity index (χ0v) is 17.7. The Hall–Kier alpha value is -3.13. The van der Waals surface area contributed by atoms with Gasteiger partial charge in [-0.1, -0.05) is 19.8 Å². The second-order valence-electron chi connectivity index (χ2n) is 6.96. The van der Waals surface area contributed by atoms with Crippen LogP contribution in [0.5, 0.6) is 11.5 Å². The highest BCUT2D eigenvalue weighted by Crippen LogP contribution is 2.26. The van der Waals surface area contributed by atoms with Crippen LogP contribution in [0.15, 0.2) is 36.5 Å². The molecule has 30 heavy (non-hydrogen) atoms. The predicted octanol–water partition coefficient (Wildman–Crippen LogP) is 3.62. The third kappa shape index (κ3) is 5.27. The van der Waals surface area contributed by atoms with E-state index in [9.17, 15) is 5.11 Å². The van der Waals surface area contributed by atoms with Gasteiger partial charge < -0.3 is 25.2 Å². The molecule has 3 N–H and O–H groups in total. The van der Waals surface area contributed by atoms with Gasteiger partial charge in [0, 0.05) is 24.4 Å². The molecule has 1 aromatic carbocycles. The number of unbranched alkanes of at least 4 members (excludes halogenated alkanes) is 1. The number of hydrogen-bond donors (Lipinski definition) is 3. The Bertz CT molecular complexity index is 967. The fraction of sp³-hybridized carbons (Fsp3) is 0.409. The third-order valence-electron chi connectivity index (χ3n) is 4.85. The maximum atomic E-state index is 9.74. The minimum Gasteiger partial charge on any atom is -0.497 e. The van der Waals surface area contributed by atoms with Crippen molar-refractivity contribution < 1.29 is 14.6 Å². The number of aliphatic hydroxyl groups excluding tert-OH is 1. The Morgan fingerprint density at radius 1 is 1.13 bits per heavy atom. The minimum atomic E-state index is -0.0837. The van der Waals surface area contributed by atoms with E-state index in [0.29, 0.717) is 23.8 Å². The van der Waals surface area contributed by atoms with Gasteiger partial charge in [0.15, 0.2) is 5.82 Å². The van der Waals surface area contributed by atoms with Crippen molar-refractivity contribution >= 4 is 22.8 Å². The molecule has 0 spiro atoms. The number of nitrogens with zero attached hydrogens (tertiary/aromatic N) is 3. The van der Waals surface area contributed by atoms with Crippen LogP contribution in [-0.2, 0) is 6.54 Å². The Morgan fingerprint density at radius 3 is 2.73 bits per heavy atom. The molecule has 0 radical (unpaired) electrons. The van der Waals surface area contributed by atoms with Gasteiger partial charge in [-0.3, -0.25) is 4.98 Å². The van der Waals surface area contributed by atoms with Crippen molar-refractivity contribution in [2.45, 2.75) is 38.8 Å². The van der Waals surface area contributed by atoms with Gasteiger partial charge in [0.1, 0.15) is 17.0 Å². The summed E-state index contributed by atoms with van der Waals surface area (Å²) in [5.74, 6) is 2.54. The Morgan fingerprint density at radius 2 is 2.00 bits per heavy atom. The Balaban J connectivity index is 1.84. The van der Waals surface area contributed by atoms with E-state index >= 15 is 0 Å². The molecule has 0 aliphatic rings. The van der Waals surface area contributed by atoms with Crippen molar-refractivity contribution in [3.05, 3.63) is 42.1 Å². The van der Waals surface area contributed by atoms with E-state index in [1.807, 2.05) is 30.3 Å². The lowest BCUT2D eigenvalue weighted by Crippen LogP contribution is -2.25. The first-order valence-corrected chi connectivity index (χ1v) is 10.1. The smallest absolute Gasteiger partial charge is 0.225 e. The number of ether oxygens (including phenoxy) is 2. The van der Waals surface area contributed by atoms with E-state index in [1.54, 1.807) is 20.4 Å². The molecule has 8 heteroatoms. The lowest BCUT2D eigenvalue weighted by molar-refractivity contribution is 0.267. The molecule has 3 aromatic rings.